The number of piperidine rings is 1. The Morgan fingerprint density at radius 2 is 2.04 bits per heavy atom. The molecule has 2 N–H and O–H groups in total. The van der Waals surface area contributed by atoms with Crippen molar-refractivity contribution in [2.45, 2.75) is 51.6 Å². The maximum absolute atomic E-state index is 11.8. The van der Waals surface area contributed by atoms with E-state index in [2.05, 4.69) is 34.4 Å². The van der Waals surface area contributed by atoms with Gasteiger partial charge in [0.1, 0.15) is 6.54 Å². The van der Waals surface area contributed by atoms with Crippen LogP contribution in [0.25, 0.3) is 0 Å². The Labute approximate surface area is 153 Å². The van der Waals surface area contributed by atoms with Gasteiger partial charge in [-0.1, -0.05) is 6.92 Å². The molecule has 1 amide bonds. The van der Waals surface area contributed by atoms with E-state index in [0.29, 0.717) is 12.1 Å². The van der Waals surface area contributed by atoms with Crippen LogP contribution in [0.1, 0.15) is 39.5 Å². The summed E-state index contributed by atoms with van der Waals surface area (Å²) in [5, 5.41) is 6.92. The number of amides is 1. The Hall–Kier alpha value is -1.34. The number of hydrogen-bond donors (Lipinski definition) is 2. The van der Waals surface area contributed by atoms with E-state index >= 15 is 0 Å². The molecule has 1 aliphatic heterocycles. The van der Waals surface area contributed by atoms with Gasteiger partial charge in [0.05, 0.1) is 0 Å². The van der Waals surface area contributed by atoms with Crippen molar-refractivity contribution in [1.82, 2.24) is 20.4 Å². The Morgan fingerprint density at radius 1 is 1.36 bits per heavy atom. The third-order valence-corrected chi connectivity index (χ3v) is 4.62. The molecule has 0 radical (unpaired) electrons. The molecule has 1 saturated heterocycles. The molecular weight excluding hydrogens is 318 g/mol. The fourth-order valence-corrected chi connectivity index (χ4v) is 2.68. The Bertz CT molecular complexity index is 406. The number of carbonyl (C=O) groups excluding carboxylic acids is 1. The largest absolute Gasteiger partial charge is 0.385 e. The zero-order valence-electron chi connectivity index (χ0n) is 16.7. The van der Waals surface area contributed by atoms with E-state index in [1.54, 1.807) is 26.1 Å². The van der Waals surface area contributed by atoms with Crippen LogP contribution in [0, 0.1) is 0 Å². The molecule has 0 saturated carbocycles. The smallest absolute Gasteiger partial charge is 0.243 e. The van der Waals surface area contributed by atoms with Gasteiger partial charge < -0.3 is 25.2 Å². The highest BCUT2D eigenvalue weighted by Crippen LogP contribution is 2.10. The van der Waals surface area contributed by atoms with Crippen LogP contribution in [0.4, 0.5) is 0 Å². The van der Waals surface area contributed by atoms with E-state index in [4.69, 9.17) is 4.74 Å². The molecule has 0 aliphatic carbocycles. The van der Waals surface area contributed by atoms with E-state index < -0.39 is 0 Å². The topological polar surface area (TPSA) is 69.2 Å². The highest BCUT2D eigenvalue weighted by atomic mass is 16.5. The molecule has 0 aromatic rings. The molecule has 146 valence electrons. The van der Waals surface area contributed by atoms with Crippen LogP contribution in [-0.4, -0.2) is 87.7 Å². The average molecular weight is 356 g/mol. The molecule has 7 heteroatoms. The van der Waals surface area contributed by atoms with Gasteiger partial charge >= 0.3 is 0 Å². The molecule has 0 spiro atoms. The Morgan fingerprint density at radius 3 is 2.60 bits per heavy atom. The van der Waals surface area contributed by atoms with Crippen LogP contribution in [0.2, 0.25) is 0 Å². The Balaban J connectivity index is 2.49. The molecular formula is C18H37N5O2. The maximum Gasteiger partial charge on any atom is 0.243 e. The monoisotopic (exact) mass is 355 g/mol. The fourth-order valence-electron chi connectivity index (χ4n) is 2.68. The van der Waals surface area contributed by atoms with Gasteiger partial charge in [0, 0.05) is 59.5 Å². The lowest BCUT2D eigenvalue weighted by atomic mass is 10.1. The zero-order valence-corrected chi connectivity index (χ0v) is 16.7. The summed E-state index contributed by atoms with van der Waals surface area (Å²) in [6, 6.07) is 0.735. The molecule has 1 atom stereocenters. The molecule has 0 aromatic heterocycles. The third kappa shape index (κ3) is 9.07. The second kappa shape index (κ2) is 12.1. The summed E-state index contributed by atoms with van der Waals surface area (Å²) in [5.74, 6) is 0.764. The normalized spacial score (nSPS) is 18.0. The third-order valence-electron chi connectivity index (χ3n) is 4.62. The van der Waals surface area contributed by atoms with Gasteiger partial charge in [-0.25, -0.2) is 4.99 Å². The summed E-state index contributed by atoms with van der Waals surface area (Å²) in [7, 11) is 5.26. The van der Waals surface area contributed by atoms with Gasteiger partial charge in [0.2, 0.25) is 5.91 Å². The molecule has 1 fully saturated rings. The van der Waals surface area contributed by atoms with Crippen LogP contribution >= 0.6 is 0 Å². The summed E-state index contributed by atoms with van der Waals surface area (Å²) in [5.41, 5.74) is 0. The van der Waals surface area contributed by atoms with Gasteiger partial charge in [-0.05, 0) is 32.6 Å². The quantitative estimate of drug-likeness (QED) is 0.365. The maximum atomic E-state index is 11.8. The van der Waals surface area contributed by atoms with Crippen LogP contribution in [0.15, 0.2) is 4.99 Å². The van der Waals surface area contributed by atoms with Crippen molar-refractivity contribution in [3.05, 3.63) is 0 Å². The van der Waals surface area contributed by atoms with Gasteiger partial charge in [0.15, 0.2) is 5.96 Å². The fraction of sp³-hybridized carbons (Fsp3) is 0.889. The lowest BCUT2D eigenvalue weighted by molar-refractivity contribution is -0.127. The minimum atomic E-state index is 0.0122. The molecule has 7 nitrogen and oxygen atoms in total. The summed E-state index contributed by atoms with van der Waals surface area (Å²) in [6.45, 7) is 8.55. The number of carbonyl (C=O) groups is 1. The molecule has 1 aliphatic rings. The number of nitrogens with zero attached hydrogens (tertiary/aromatic N) is 3. The second-order valence-electron chi connectivity index (χ2n) is 7.01. The van der Waals surface area contributed by atoms with Crippen molar-refractivity contribution in [3.63, 3.8) is 0 Å². The average Bonchev–Trinajstić information content (AvgIpc) is 2.60. The standard InChI is InChI=1S/C18H37N5O2/c1-6-15(2)20-18(19-14-17(24)22(3)4)21-16-8-11-23(12-9-16)10-7-13-25-5/h15-16H,6-14H2,1-5H3,(H2,19,20,21). The predicted molar refractivity (Wildman–Crippen MR) is 103 cm³/mol. The first-order valence-electron chi connectivity index (χ1n) is 9.45. The lowest BCUT2D eigenvalue weighted by Crippen LogP contribution is -2.50. The van der Waals surface area contributed by atoms with Crippen molar-refractivity contribution < 1.29 is 9.53 Å². The Kier molecular flexibility index (Phi) is 10.5. The lowest BCUT2D eigenvalue weighted by Gasteiger charge is -2.33. The van der Waals surface area contributed by atoms with E-state index in [9.17, 15) is 4.79 Å². The first kappa shape index (κ1) is 21.7. The minimum absolute atomic E-state index is 0.0122. The van der Waals surface area contributed by atoms with Crippen LogP contribution in [0.5, 0.6) is 0 Å². The number of likely N-dealkylation sites (N-methyl/N-ethyl adjacent to an activating group) is 1. The SMILES string of the molecule is CCC(C)NC(=NCC(=O)N(C)C)NC1CCN(CCCOC)CC1. The highest BCUT2D eigenvalue weighted by Gasteiger charge is 2.20. The van der Waals surface area contributed by atoms with Crippen molar-refractivity contribution in [3.8, 4) is 0 Å². The van der Waals surface area contributed by atoms with Crippen LogP contribution < -0.4 is 10.6 Å². The van der Waals surface area contributed by atoms with Crippen molar-refractivity contribution in [1.29, 1.82) is 0 Å². The highest BCUT2D eigenvalue weighted by molar-refractivity contribution is 5.85. The summed E-state index contributed by atoms with van der Waals surface area (Å²) in [4.78, 5) is 20.4. The summed E-state index contributed by atoms with van der Waals surface area (Å²) in [6.07, 6.45) is 4.29. The molecule has 0 bridgehead atoms. The number of hydrogen-bond acceptors (Lipinski definition) is 4. The zero-order chi connectivity index (χ0) is 18.7. The predicted octanol–water partition coefficient (Wildman–Crippen LogP) is 0.909. The molecule has 1 unspecified atom stereocenters. The number of nitrogens with one attached hydrogen (secondary N) is 2. The van der Waals surface area contributed by atoms with Gasteiger partial charge in [-0.3, -0.25) is 4.79 Å². The summed E-state index contributed by atoms with van der Waals surface area (Å²) >= 11 is 0. The van der Waals surface area contributed by atoms with Gasteiger partial charge in [0.25, 0.3) is 0 Å². The minimum Gasteiger partial charge on any atom is -0.385 e. The van der Waals surface area contributed by atoms with Crippen LogP contribution in [-0.2, 0) is 9.53 Å². The van der Waals surface area contributed by atoms with Gasteiger partial charge in [-0.15, -0.1) is 0 Å². The van der Waals surface area contributed by atoms with Crippen molar-refractivity contribution in [2.24, 2.45) is 4.99 Å². The molecule has 1 rings (SSSR count). The molecule has 25 heavy (non-hydrogen) atoms. The molecule has 1 heterocycles. The second-order valence-corrected chi connectivity index (χ2v) is 7.01. The number of methoxy groups -OCH3 is 1. The number of guanidine groups is 1. The number of rotatable bonds is 9. The number of likely N-dealkylation sites (tertiary alicyclic amines) is 1. The number of aliphatic imine (C=N–C) groups is 1. The van der Waals surface area contributed by atoms with Crippen LogP contribution in [0.3, 0.4) is 0 Å². The van der Waals surface area contributed by atoms with E-state index in [1.165, 1.54) is 0 Å². The first-order valence-corrected chi connectivity index (χ1v) is 9.45. The first-order chi connectivity index (χ1) is 12.0. The van der Waals surface area contributed by atoms with E-state index in [1.807, 2.05) is 0 Å². The van der Waals surface area contributed by atoms with E-state index in [-0.39, 0.29) is 12.5 Å². The van der Waals surface area contributed by atoms with E-state index in [0.717, 1.165) is 57.9 Å². The molecule has 0 aromatic carbocycles. The van der Waals surface area contributed by atoms with Crippen molar-refractivity contribution >= 4 is 11.9 Å². The van der Waals surface area contributed by atoms with Crippen molar-refractivity contribution in [2.75, 3.05) is 54.0 Å². The number of ether oxygens (including phenoxy) is 1. The summed E-state index contributed by atoms with van der Waals surface area (Å²) < 4.78 is 5.12. The van der Waals surface area contributed by atoms with Gasteiger partial charge in [-0.2, -0.15) is 0 Å².